The Morgan fingerprint density at radius 1 is 1.14 bits per heavy atom. The summed E-state index contributed by atoms with van der Waals surface area (Å²) >= 11 is 0. The highest BCUT2D eigenvalue weighted by molar-refractivity contribution is 5.94. The lowest BCUT2D eigenvalue weighted by Crippen LogP contribution is -2.41. The number of rotatable bonds is 6. The van der Waals surface area contributed by atoms with Crippen LogP contribution in [0.15, 0.2) is 22.7 Å². The van der Waals surface area contributed by atoms with Crippen LogP contribution >= 0.6 is 0 Å². The lowest BCUT2D eigenvalue weighted by molar-refractivity contribution is -0.149. The molecule has 7 nitrogen and oxygen atoms in total. The van der Waals surface area contributed by atoms with Gasteiger partial charge in [-0.1, -0.05) is 11.2 Å². The fourth-order valence-electron chi connectivity index (χ4n) is 3.63. The van der Waals surface area contributed by atoms with Crippen LogP contribution in [0.25, 0.3) is 0 Å². The van der Waals surface area contributed by atoms with Crippen molar-refractivity contribution in [3.63, 3.8) is 0 Å². The van der Waals surface area contributed by atoms with Gasteiger partial charge in [-0.15, -0.1) is 0 Å². The molecule has 0 atom stereocenters. The Kier molecular flexibility index (Phi) is 6.56. The predicted molar refractivity (Wildman–Crippen MR) is 107 cm³/mol. The van der Waals surface area contributed by atoms with E-state index in [4.69, 9.17) is 14.0 Å². The van der Waals surface area contributed by atoms with Gasteiger partial charge in [0.1, 0.15) is 18.1 Å². The average molecular weight is 400 g/mol. The van der Waals surface area contributed by atoms with E-state index in [1.165, 1.54) is 0 Å². The van der Waals surface area contributed by atoms with E-state index in [-0.39, 0.29) is 30.1 Å². The summed E-state index contributed by atoms with van der Waals surface area (Å²) in [6.07, 6.45) is 1.19. The lowest BCUT2D eigenvalue weighted by Gasteiger charge is -2.30. The van der Waals surface area contributed by atoms with E-state index in [0.717, 1.165) is 16.9 Å². The van der Waals surface area contributed by atoms with Crippen molar-refractivity contribution < 1.29 is 23.6 Å². The van der Waals surface area contributed by atoms with Gasteiger partial charge < -0.3 is 18.9 Å². The second-order valence-electron chi connectivity index (χ2n) is 7.50. The van der Waals surface area contributed by atoms with E-state index >= 15 is 0 Å². The number of likely N-dealkylation sites (tertiary alicyclic amines) is 1. The van der Waals surface area contributed by atoms with Crippen LogP contribution in [0, 0.1) is 26.7 Å². The second-order valence-corrected chi connectivity index (χ2v) is 7.50. The number of esters is 1. The van der Waals surface area contributed by atoms with Gasteiger partial charge in [-0.05, 0) is 63.8 Å². The molecule has 0 unspecified atom stereocenters. The number of carbonyl (C=O) groups excluding carboxylic acids is 2. The maximum absolute atomic E-state index is 13.0. The zero-order chi connectivity index (χ0) is 21.0. The van der Waals surface area contributed by atoms with Crippen molar-refractivity contribution in [2.24, 2.45) is 5.92 Å². The highest BCUT2D eigenvalue weighted by Crippen LogP contribution is 2.24. The SMILES string of the molecule is CCOC(=O)C1CCN(C(=O)c2noc(C)c2COc2cc(C)cc(C)c2)CC1. The Morgan fingerprint density at radius 2 is 1.79 bits per heavy atom. The highest BCUT2D eigenvalue weighted by atomic mass is 16.5. The minimum Gasteiger partial charge on any atom is -0.489 e. The Labute approximate surface area is 171 Å². The van der Waals surface area contributed by atoms with Crippen LogP contribution in [-0.2, 0) is 16.1 Å². The molecule has 1 fully saturated rings. The predicted octanol–water partition coefficient (Wildman–Crippen LogP) is 3.59. The fourth-order valence-corrected chi connectivity index (χ4v) is 3.63. The fraction of sp³-hybridized carbons (Fsp3) is 0.500. The van der Waals surface area contributed by atoms with Crippen LogP contribution in [0.3, 0.4) is 0 Å². The van der Waals surface area contributed by atoms with Gasteiger partial charge in [0.05, 0.1) is 18.1 Å². The van der Waals surface area contributed by atoms with Crippen LogP contribution in [-0.4, -0.2) is 41.6 Å². The Balaban J connectivity index is 1.66. The number of piperidine rings is 1. The largest absolute Gasteiger partial charge is 0.489 e. The molecule has 2 aromatic rings. The van der Waals surface area contributed by atoms with Gasteiger partial charge in [0.2, 0.25) is 0 Å². The van der Waals surface area contributed by atoms with Gasteiger partial charge in [-0.2, -0.15) is 0 Å². The van der Waals surface area contributed by atoms with E-state index in [1.807, 2.05) is 26.0 Å². The first-order chi connectivity index (χ1) is 13.9. The average Bonchev–Trinajstić information content (AvgIpc) is 3.06. The molecule has 0 spiro atoms. The van der Waals surface area contributed by atoms with Gasteiger partial charge in [0.15, 0.2) is 5.69 Å². The van der Waals surface area contributed by atoms with Gasteiger partial charge >= 0.3 is 5.97 Å². The summed E-state index contributed by atoms with van der Waals surface area (Å²) in [5, 5.41) is 3.98. The van der Waals surface area contributed by atoms with Gasteiger partial charge in [-0.25, -0.2) is 0 Å². The molecule has 29 heavy (non-hydrogen) atoms. The molecule has 156 valence electrons. The minimum absolute atomic E-state index is 0.148. The van der Waals surface area contributed by atoms with Crippen LogP contribution in [0.1, 0.15) is 52.7 Å². The molecule has 1 amide bonds. The third-order valence-corrected chi connectivity index (χ3v) is 5.17. The maximum atomic E-state index is 13.0. The van der Waals surface area contributed by atoms with E-state index in [9.17, 15) is 9.59 Å². The second kappa shape index (κ2) is 9.11. The molecule has 1 aromatic carbocycles. The number of aromatic nitrogens is 1. The summed E-state index contributed by atoms with van der Waals surface area (Å²) in [6.45, 7) is 9.16. The molecule has 1 aliphatic rings. The van der Waals surface area contributed by atoms with Crippen molar-refractivity contribution in [1.29, 1.82) is 0 Å². The number of nitrogens with zero attached hydrogens (tertiary/aromatic N) is 2. The van der Waals surface area contributed by atoms with Crippen molar-refractivity contribution in [1.82, 2.24) is 10.1 Å². The zero-order valence-electron chi connectivity index (χ0n) is 17.5. The normalized spacial score (nSPS) is 14.7. The molecular formula is C22H28N2O5. The molecular weight excluding hydrogens is 372 g/mol. The van der Waals surface area contributed by atoms with Crippen molar-refractivity contribution in [3.05, 3.63) is 46.3 Å². The minimum atomic E-state index is -0.191. The monoisotopic (exact) mass is 400 g/mol. The van der Waals surface area contributed by atoms with E-state index in [2.05, 4.69) is 11.2 Å². The summed E-state index contributed by atoms with van der Waals surface area (Å²) in [6, 6.07) is 5.99. The first-order valence-corrected chi connectivity index (χ1v) is 10.0. The number of benzene rings is 1. The van der Waals surface area contributed by atoms with Gasteiger partial charge in [0.25, 0.3) is 5.91 Å². The van der Waals surface area contributed by atoms with Crippen LogP contribution in [0.2, 0.25) is 0 Å². The third-order valence-electron chi connectivity index (χ3n) is 5.17. The summed E-state index contributed by atoms with van der Waals surface area (Å²) < 4.78 is 16.3. The number of hydrogen-bond donors (Lipinski definition) is 0. The smallest absolute Gasteiger partial charge is 0.309 e. The standard InChI is InChI=1S/C22H28N2O5/c1-5-27-22(26)17-6-8-24(9-7-17)21(25)20-19(16(4)29-23-20)13-28-18-11-14(2)10-15(3)12-18/h10-12,17H,5-9,13H2,1-4H3. The maximum Gasteiger partial charge on any atom is 0.309 e. The molecule has 0 bridgehead atoms. The third kappa shape index (κ3) is 4.96. The van der Waals surface area contributed by atoms with Gasteiger partial charge in [0, 0.05) is 13.1 Å². The molecule has 0 aliphatic carbocycles. The van der Waals surface area contributed by atoms with Crippen molar-refractivity contribution in [2.75, 3.05) is 19.7 Å². The number of amides is 1. The molecule has 0 saturated carbocycles. The number of carbonyl (C=O) groups is 2. The van der Waals surface area contributed by atoms with Crippen molar-refractivity contribution in [2.45, 2.75) is 47.1 Å². The lowest BCUT2D eigenvalue weighted by atomic mass is 9.96. The molecule has 1 aromatic heterocycles. The van der Waals surface area contributed by atoms with Crippen LogP contribution in [0.4, 0.5) is 0 Å². The quantitative estimate of drug-likeness (QED) is 0.689. The molecule has 1 saturated heterocycles. The topological polar surface area (TPSA) is 81.9 Å². The molecule has 1 aliphatic heterocycles. The first kappa shape index (κ1) is 20.9. The van der Waals surface area contributed by atoms with Crippen LogP contribution in [0.5, 0.6) is 5.75 Å². The number of aryl methyl sites for hydroxylation is 3. The van der Waals surface area contributed by atoms with Crippen molar-refractivity contribution in [3.8, 4) is 5.75 Å². The van der Waals surface area contributed by atoms with Gasteiger partial charge in [-0.3, -0.25) is 9.59 Å². The highest BCUT2D eigenvalue weighted by Gasteiger charge is 2.31. The summed E-state index contributed by atoms with van der Waals surface area (Å²) in [7, 11) is 0. The summed E-state index contributed by atoms with van der Waals surface area (Å²) in [4.78, 5) is 26.6. The number of ether oxygens (including phenoxy) is 2. The first-order valence-electron chi connectivity index (χ1n) is 10.0. The zero-order valence-corrected chi connectivity index (χ0v) is 17.5. The summed E-state index contributed by atoms with van der Waals surface area (Å²) in [5.74, 6) is 0.795. The molecule has 2 heterocycles. The Hall–Kier alpha value is -2.83. The van der Waals surface area contributed by atoms with E-state index in [0.29, 0.717) is 43.9 Å². The van der Waals surface area contributed by atoms with E-state index < -0.39 is 0 Å². The summed E-state index contributed by atoms with van der Waals surface area (Å²) in [5.41, 5.74) is 3.16. The van der Waals surface area contributed by atoms with Crippen molar-refractivity contribution >= 4 is 11.9 Å². The van der Waals surface area contributed by atoms with Crippen LogP contribution < -0.4 is 4.74 Å². The Bertz CT molecular complexity index is 861. The number of hydrogen-bond acceptors (Lipinski definition) is 6. The Morgan fingerprint density at radius 3 is 2.41 bits per heavy atom. The van der Waals surface area contributed by atoms with E-state index in [1.54, 1.807) is 18.7 Å². The molecule has 0 radical (unpaired) electrons. The molecule has 3 rings (SSSR count). The molecule has 0 N–H and O–H groups in total. The molecule has 7 heteroatoms.